The van der Waals surface area contributed by atoms with Crippen molar-refractivity contribution < 1.29 is 9.59 Å². The van der Waals surface area contributed by atoms with Crippen molar-refractivity contribution in [1.29, 1.82) is 0 Å². The molecule has 1 unspecified atom stereocenters. The van der Waals surface area contributed by atoms with Gasteiger partial charge in [0, 0.05) is 6.42 Å². The molecule has 15 heavy (non-hydrogen) atoms. The van der Waals surface area contributed by atoms with Crippen LogP contribution in [-0.2, 0) is 9.59 Å². The van der Waals surface area contributed by atoms with Crippen LogP contribution in [0.2, 0.25) is 0 Å². The van der Waals surface area contributed by atoms with Gasteiger partial charge in [0.05, 0.1) is 0 Å². The topological polar surface area (TPSA) is 34.1 Å². The Morgan fingerprint density at radius 3 is 2.20 bits per heavy atom. The largest absolute Gasteiger partial charge is 0.303 e. The van der Waals surface area contributed by atoms with Crippen molar-refractivity contribution in [3.8, 4) is 0 Å². The zero-order valence-electron chi connectivity index (χ0n) is 8.93. The summed E-state index contributed by atoms with van der Waals surface area (Å²) in [5, 5.41) is 0. The van der Waals surface area contributed by atoms with Gasteiger partial charge < -0.3 is 4.79 Å². The second-order valence-electron chi connectivity index (χ2n) is 3.09. The number of benzene rings is 1. The Balaban J connectivity index is 0.000000423. The minimum Gasteiger partial charge on any atom is -0.303 e. The van der Waals surface area contributed by atoms with Crippen LogP contribution >= 0.6 is 0 Å². The Hall–Kier alpha value is -1.70. The van der Waals surface area contributed by atoms with E-state index in [4.69, 9.17) is 4.79 Å². The molecule has 0 aliphatic carbocycles. The molecule has 0 fully saturated rings. The van der Waals surface area contributed by atoms with Gasteiger partial charge in [0.1, 0.15) is 12.6 Å². The third-order valence-electron chi connectivity index (χ3n) is 1.91. The Kier molecular flexibility index (Phi) is 7.87. The van der Waals surface area contributed by atoms with Crippen molar-refractivity contribution in [2.24, 2.45) is 0 Å². The third-order valence-corrected chi connectivity index (χ3v) is 1.91. The number of aldehydes is 2. The molecule has 1 aromatic carbocycles. The van der Waals surface area contributed by atoms with Gasteiger partial charge in [-0.3, -0.25) is 4.79 Å². The number of hydrogen-bond acceptors (Lipinski definition) is 2. The summed E-state index contributed by atoms with van der Waals surface area (Å²) in [4.78, 5) is 19.2. The van der Waals surface area contributed by atoms with Crippen molar-refractivity contribution in [1.82, 2.24) is 0 Å². The van der Waals surface area contributed by atoms with E-state index in [-0.39, 0.29) is 0 Å². The van der Waals surface area contributed by atoms with Gasteiger partial charge in [0.2, 0.25) is 0 Å². The first kappa shape index (κ1) is 13.3. The molecule has 2 nitrogen and oxygen atoms in total. The zero-order chi connectivity index (χ0) is 11.5. The lowest BCUT2D eigenvalue weighted by Gasteiger charge is -2.06. The fraction of sp³-hybridized carbons (Fsp3) is 0.231. The Morgan fingerprint density at radius 2 is 1.80 bits per heavy atom. The molecule has 0 N–H and O–H groups in total. The fourth-order valence-corrected chi connectivity index (χ4v) is 1.06. The smallest absolute Gasteiger partial charge is 0.142 e. The van der Waals surface area contributed by atoms with E-state index < -0.39 is 0 Å². The molecule has 0 spiro atoms. The maximum atomic E-state index is 10.2. The summed E-state index contributed by atoms with van der Waals surface area (Å²) < 4.78 is 0. The highest BCUT2D eigenvalue weighted by atomic mass is 16.1. The normalized spacial score (nSPS) is 10.5. The van der Waals surface area contributed by atoms with E-state index in [1.54, 1.807) is 0 Å². The molecule has 0 amide bonds. The van der Waals surface area contributed by atoms with Crippen molar-refractivity contribution in [3.05, 3.63) is 48.6 Å². The molecule has 0 saturated carbocycles. The Morgan fingerprint density at radius 1 is 1.27 bits per heavy atom. The van der Waals surface area contributed by atoms with Crippen molar-refractivity contribution in [2.75, 3.05) is 0 Å². The lowest BCUT2D eigenvalue weighted by Crippen LogP contribution is -1.92. The monoisotopic (exact) mass is 204 g/mol. The molecule has 0 aromatic heterocycles. The van der Waals surface area contributed by atoms with Crippen LogP contribution in [0.4, 0.5) is 0 Å². The van der Waals surface area contributed by atoms with E-state index in [0.717, 1.165) is 6.29 Å². The highest BCUT2D eigenvalue weighted by molar-refractivity contribution is 5.63. The number of allylic oxidation sites excluding steroid dienone is 1. The fourth-order valence-electron chi connectivity index (χ4n) is 1.06. The molecular formula is C13H16O2. The van der Waals surface area contributed by atoms with E-state index in [0.29, 0.717) is 18.6 Å². The molecule has 80 valence electrons. The van der Waals surface area contributed by atoms with Gasteiger partial charge in [-0.25, -0.2) is 0 Å². The van der Waals surface area contributed by atoms with Crippen molar-refractivity contribution in [2.45, 2.75) is 19.3 Å². The maximum Gasteiger partial charge on any atom is 0.142 e. The third kappa shape index (κ3) is 6.38. The number of rotatable bonds is 4. The lowest BCUT2D eigenvalue weighted by atomic mass is 9.99. The molecule has 0 aliphatic rings. The summed E-state index contributed by atoms with van der Waals surface area (Å²) in [7, 11) is 0. The van der Waals surface area contributed by atoms with E-state index in [1.165, 1.54) is 11.6 Å². The Labute approximate surface area is 90.6 Å². The second-order valence-corrected chi connectivity index (χ2v) is 3.09. The molecular weight excluding hydrogens is 188 g/mol. The number of carbonyl (C=O) groups excluding carboxylic acids is 2. The summed E-state index contributed by atoms with van der Waals surface area (Å²) in [6.07, 6.45) is 3.42. The summed E-state index contributed by atoms with van der Waals surface area (Å²) in [6.45, 7) is 5.17. The van der Waals surface area contributed by atoms with E-state index >= 15 is 0 Å². The van der Waals surface area contributed by atoms with E-state index in [9.17, 15) is 4.79 Å². The minimum atomic E-state index is 0.355. The van der Waals surface area contributed by atoms with Crippen LogP contribution in [0.25, 0.3) is 0 Å². The molecule has 0 saturated heterocycles. The standard InChI is InChI=1S/C10H12O.C3H4O/c1-9(7-8-11)10-5-3-2-4-6-10;1-2-3-4/h2-6,8-9H,7H2,1H3;2-3H,1H2. The molecule has 1 aromatic rings. The van der Waals surface area contributed by atoms with Crippen molar-refractivity contribution >= 4 is 12.6 Å². The Bertz CT molecular complexity index is 285. The van der Waals surface area contributed by atoms with Gasteiger partial charge in [-0.05, 0) is 17.6 Å². The highest BCUT2D eigenvalue weighted by Crippen LogP contribution is 2.16. The van der Waals surface area contributed by atoms with Gasteiger partial charge in [-0.1, -0.05) is 43.8 Å². The molecule has 1 rings (SSSR count). The SMILES string of the molecule is C=CC=O.CC(CC=O)c1ccccc1. The molecule has 0 bridgehead atoms. The molecule has 1 atom stereocenters. The van der Waals surface area contributed by atoms with Gasteiger partial charge in [0.25, 0.3) is 0 Å². The van der Waals surface area contributed by atoms with Crippen LogP contribution in [0.15, 0.2) is 43.0 Å². The van der Waals surface area contributed by atoms with Gasteiger partial charge in [0.15, 0.2) is 0 Å². The first-order valence-electron chi connectivity index (χ1n) is 4.81. The van der Waals surface area contributed by atoms with Crippen LogP contribution in [0.5, 0.6) is 0 Å². The number of carbonyl (C=O) groups is 2. The molecule has 0 aliphatic heterocycles. The summed E-state index contributed by atoms with van der Waals surface area (Å²) >= 11 is 0. The molecule has 2 heteroatoms. The molecule has 0 radical (unpaired) electrons. The van der Waals surface area contributed by atoms with Crippen LogP contribution in [0.1, 0.15) is 24.8 Å². The summed E-state index contributed by atoms with van der Waals surface area (Å²) in [6, 6.07) is 10.1. The van der Waals surface area contributed by atoms with Gasteiger partial charge in [-0.15, -0.1) is 0 Å². The van der Waals surface area contributed by atoms with Crippen LogP contribution in [0.3, 0.4) is 0 Å². The van der Waals surface area contributed by atoms with Gasteiger partial charge in [-0.2, -0.15) is 0 Å². The second kappa shape index (κ2) is 8.88. The minimum absolute atomic E-state index is 0.355. The zero-order valence-corrected chi connectivity index (χ0v) is 8.93. The van der Waals surface area contributed by atoms with E-state index in [1.807, 2.05) is 30.3 Å². The first-order chi connectivity index (χ1) is 7.26. The quantitative estimate of drug-likeness (QED) is 0.558. The van der Waals surface area contributed by atoms with Crippen LogP contribution < -0.4 is 0 Å². The van der Waals surface area contributed by atoms with Crippen LogP contribution in [-0.4, -0.2) is 12.6 Å². The predicted octanol–water partition coefficient (Wildman–Crippen LogP) is 2.75. The summed E-state index contributed by atoms with van der Waals surface area (Å²) in [5.74, 6) is 0.355. The average molecular weight is 204 g/mol. The average Bonchev–Trinajstić information content (AvgIpc) is 2.31. The molecule has 0 heterocycles. The maximum absolute atomic E-state index is 10.2. The van der Waals surface area contributed by atoms with Crippen LogP contribution in [0, 0.1) is 0 Å². The highest BCUT2D eigenvalue weighted by Gasteiger charge is 2.01. The van der Waals surface area contributed by atoms with Gasteiger partial charge >= 0.3 is 0 Å². The predicted molar refractivity (Wildman–Crippen MR) is 61.8 cm³/mol. The van der Waals surface area contributed by atoms with Crippen molar-refractivity contribution in [3.63, 3.8) is 0 Å². The number of hydrogen-bond donors (Lipinski definition) is 0. The van der Waals surface area contributed by atoms with E-state index in [2.05, 4.69) is 13.5 Å². The lowest BCUT2D eigenvalue weighted by molar-refractivity contribution is -0.108. The summed E-state index contributed by atoms with van der Waals surface area (Å²) in [5.41, 5.74) is 1.24. The first-order valence-corrected chi connectivity index (χ1v) is 4.81.